The van der Waals surface area contributed by atoms with E-state index >= 15 is 0 Å². The molecular weight excluding hydrogens is 396 g/mol. The minimum Gasteiger partial charge on any atom is -0.410 e. The number of benzene rings is 1. The molecule has 0 radical (unpaired) electrons. The highest BCUT2D eigenvalue weighted by Gasteiger charge is 2.44. The molecule has 1 aromatic rings. The standard InChI is InChI=1S/C24H38O5Si/c1-24(2,3)30(4,5)29-22(21-16-20(26)17-23(21)28-15-13-25)12-9-14-27-18-19-10-7-6-8-11-19/h6-12,21-23,25H,13-18H2,1-5H3/b12-9+/t21-,22+,23?/m0/s1. The summed E-state index contributed by atoms with van der Waals surface area (Å²) in [4.78, 5) is 12.2. The summed E-state index contributed by atoms with van der Waals surface area (Å²) < 4.78 is 18.3. The van der Waals surface area contributed by atoms with Crippen LogP contribution in [0, 0.1) is 5.92 Å². The Kier molecular flexibility index (Phi) is 9.44. The lowest BCUT2D eigenvalue weighted by molar-refractivity contribution is -0.118. The maximum atomic E-state index is 12.2. The molecule has 1 saturated carbocycles. The fourth-order valence-electron chi connectivity index (χ4n) is 3.36. The van der Waals surface area contributed by atoms with Crippen LogP contribution in [-0.4, -0.2) is 51.2 Å². The van der Waals surface area contributed by atoms with E-state index in [4.69, 9.17) is 19.0 Å². The van der Waals surface area contributed by atoms with E-state index in [2.05, 4.69) is 33.9 Å². The van der Waals surface area contributed by atoms with Gasteiger partial charge in [0.25, 0.3) is 0 Å². The number of aliphatic hydroxyl groups is 1. The lowest BCUT2D eigenvalue weighted by Crippen LogP contribution is -2.46. The van der Waals surface area contributed by atoms with E-state index in [1.165, 1.54) is 0 Å². The highest BCUT2D eigenvalue weighted by atomic mass is 28.4. The van der Waals surface area contributed by atoms with Crippen LogP contribution in [0.15, 0.2) is 42.5 Å². The molecule has 0 aliphatic heterocycles. The minimum absolute atomic E-state index is 0.0384. The van der Waals surface area contributed by atoms with Crippen LogP contribution in [0.2, 0.25) is 18.1 Å². The molecule has 0 spiro atoms. The van der Waals surface area contributed by atoms with Crippen molar-refractivity contribution in [2.75, 3.05) is 19.8 Å². The fraction of sp³-hybridized carbons (Fsp3) is 0.625. The second-order valence-corrected chi connectivity index (χ2v) is 14.3. The number of ether oxygens (including phenoxy) is 2. The van der Waals surface area contributed by atoms with Crippen LogP contribution in [0.3, 0.4) is 0 Å². The van der Waals surface area contributed by atoms with E-state index < -0.39 is 8.32 Å². The Balaban J connectivity index is 2.07. The van der Waals surface area contributed by atoms with Crippen LogP contribution < -0.4 is 0 Å². The molecule has 2 rings (SSSR count). The normalized spacial score (nSPS) is 21.5. The van der Waals surface area contributed by atoms with Crippen molar-refractivity contribution in [3.05, 3.63) is 48.0 Å². The van der Waals surface area contributed by atoms with E-state index in [1.54, 1.807) is 0 Å². The van der Waals surface area contributed by atoms with Gasteiger partial charge in [-0.1, -0.05) is 63.3 Å². The Morgan fingerprint density at radius 3 is 2.53 bits per heavy atom. The molecule has 1 aliphatic rings. The molecule has 0 aromatic heterocycles. The molecule has 1 aliphatic carbocycles. The van der Waals surface area contributed by atoms with Crippen molar-refractivity contribution in [2.24, 2.45) is 5.92 Å². The molecular formula is C24H38O5Si. The lowest BCUT2D eigenvalue weighted by Gasteiger charge is -2.41. The summed E-state index contributed by atoms with van der Waals surface area (Å²) in [6.45, 7) is 12.3. The molecule has 30 heavy (non-hydrogen) atoms. The molecule has 6 heteroatoms. The third-order valence-corrected chi connectivity index (χ3v) is 10.6. The largest absolute Gasteiger partial charge is 0.410 e. The fourth-order valence-corrected chi connectivity index (χ4v) is 4.65. The van der Waals surface area contributed by atoms with Gasteiger partial charge in [0.05, 0.1) is 38.6 Å². The zero-order chi connectivity index (χ0) is 22.2. The topological polar surface area (TPSA) is 65.0 Å². The van der Waals surface area contributed by atoms with Crippen LogP contribution in [0.25, 0.3) is 0 Å². The van der Waals surface area contributed by atoms with Crippen LogP contribution >= 0.6 is 0 Å². The first-order chi connectivity index (χ1) is 14.1. The third-order valence-electron chi connectivity index (χ3n) is 6.10. The van der Waals surface area contributed by atoms with E-state index in [-0.39, 0.29) is 42.2 Å². The van der Waals surface area contributed by atoms with Crippen molar-refractivity contribution in [3.8, 4) is 0 Å². The molecule has 5 nitrogen and oxygen atoms in total. The van der Waals surface area contributed by atoms with Crippen LogP contribution in [-0.2, 0) is 25.3 Å². The number of ketones is 1. The molecule has 0 amide bonds. The second-order valence-electron chi connectivity index (χ2n) is 9.52. The average molecular weight is 435 g/mol. The zero-order valence-electron chi connectivity index (χ0n) is 19.1. The first-order valence-corrected chi connectivity index (χ1v) is 13.7. The number of Topliss-reactive ketones (excluding diaryl/α,β-unsaturated/α-hetero) is 1. The second kappa shape index (κ2) is 11.3. The molecule has 168 valence electrons. The first kappa shape index (κ1) is 25.0. The van der Waals surface area contributed by atoms with Gasteiger partial charge in [-0.3, -0.25) is 4.79 Å². The maximum absolute atomic E-state index is 12.2. The quantitative estimate of drug-likeness (QED) is 0.315. The number of aliphatic hydroxyl groups excluding tert-OH is 1. The van der Waals surface area contributed by atoms with Gasteiger partial charge in [-0.25, -0.2) is 0 Å². The van der Waals surface area contributed by atoms with E-state index in [9.17, 15) is 4.79 Å². The van der Waals surface area contributed by atoms with E-state index in [0.717, 1.165) is 5.56 Å². The highest BCUT2D eigenvalue weighted by molar-refractivity contribution is 6.74. The predicted octanol–water partition coefficient (Wildman–Crippen LogP) is 4.51. The summed E-state index contributed by atoms with van der Waals surface area (Å²) in [7, 11) is -2.05. The summed E-state index contributed by atoms with van der Waals surface area (Å²) in [5.74, 6) is 0.157. The first-order valence-electron chi connectivity index (χ1n) is 10.8. The Bertz CT molecular complexity index is 681. The third kappa shape index (κ3) is 7.43. The molecule has 0 bridgehead atoms. The Morgan fingerprint density at radius 2 is 1.90 bits per heavy atom. The van der Waals surface area contributed by atoms with Crippen molar-refractivity contribution >= 4 is 14.1 Å². The monoisotopic (exact) mass is 434 g/mol. The van der Waals surface area contributed by atoms with E-state index in [1.807, 2.05) is 42.5 Å². The average Bonchev–Trinajstić information content (AvgIpc) is 3.05. The molecule has 1 fully saturated rings. The number of carbonyl (C=O) groups is 1. The Hall–Kier alpha value is -1.31. The van der Waals surface area contributed by atoms with Gasteiger partial charge < -0.3 is 19.0 Å². The van der Waals surface area contributed by atoms with Crippen molar-refractivity contribution < 1.29 is 23.8 Å². The van der Waals surface area contributed by atoms with Crippen LogP contribution in [0.5, 0.6) is 0 Å². The number of hydrogen-bond donors (Lipinski definition) is 1. The molecule has 0 saturated heterocycles. The Morgan fingerprint density at radius 1 is 1.20 bits per heavy atom. The molecule has 3 atom stereocenters. The van der Waals surface area contributed by atoms with Crippen molar-refractivity contribution in [2.45, 2.75) is 70.6 Å². The van der Waals surface area contributed by atoms with Crippen molar-refractivity contribution in [1.82, 2.24) is 0 Å². The Labute approximate surface area is 182 Å². The summed E-state index contributed by atoms with van der Waals surface area (Å²) >= 11 is 0. The minimum atomic E-state index is -2.05. The van der Waals surface area contributed by atoms with Gasteiger partial charge in [0, 0.05) is 18.8 Å². The zero-order valence-corrected chi connectivity index (χ0v) is 20.1. The lowest BCUT2D eigenvalue weighted by atomic mass is 9.98. The molecule has 0 heterocycles. The molecule has 1 unspecified atom stereocenters. The summed E-state index contributed by atoms with van der Waals surface area (Å²) in [5.41, 5.74) is 1.14. The molecule has 1 aromatic carbocycles. The van der Waals surface area contributed by atoms with Gasteiger partial charge >= 0.3 is 0 Å². The summed E-state index contributed by atoms with van der Waals surface area (Å²) in [5, 5.41) is 9.20. The van der Waals surface area contributed by atoms with Crippen LogP contribution in [0.1, 0.15) is 39.2 Å². The van der Waals surface area contributed by atoms with Gasteiger partial charge in [-0.15, -0.1) is 0 Å². The molecule has 1 N–H and O–H groups in total. The van der Waals surface area contributed by atoms with Gasteiger partial charge in [0.1, 0.15) is 5.78 Å². The summed E-state index contributed by atoms with van der Waals surface area (Å²) in [6.07, 6.45) is 4.46. The van der Waals surface area contributed by atoms with Crippen molar-refractivity contribution in [3.63, 3.8) is 0 Å². The van der Waals surface area contributed by atoms with Crippen LogP contribution in [0.4, 0.5) is 0 Å². The maximum Gasteiger partial charge on any atom is 0.192 e. The number of rotatable bonds is 11. The highest BCUT2D eigenvalue weighted by Crippen LogP contribution is 2.40. The van der Waals surface area contributed by atoms with Gasteiger partial charge in [-0.2, -0.15) is 0 Å². The number of carbonyl (C=O) groups excluding carboxylic acids is 1. The van der Waals surface area contributed by atoms with Gasteiger partial charge in [0.2, 0.25) is 0 Å². The van der Waals surface area contributed by atoms with Gasteiger partial charge in [0.15, 0.2) is 8.32 Å². The predicted molar refractivity (Wildman–Crippen MR) is 122 cm³/mol. The summed E-state index contributed by atoms with van der Waals surface area (Å²) in [6, 6.07) is 10.1. The number of hydrogen-bond acceptors (Lipinski definition) is 5. The van der Waals surface area contributed by atoms with Gasteiger partial charge in [-0.05, 0) is 23.7 Å². The SMILES string of the molecule is CC(C)(C)[Si](C)(C)O[C@H](/C=C/COCc1ccccc1)[C@@H]1CC(=O)CC1OCCO. The smallest absolute Gasteiger partial charge is 0.192 e. The van der Waals surface area contributed by atoms with Crippen molar-refractivity contribution in [1.29, 1.82) is 0 Å². The van der Waals surface area contributed by atoms with E-state index in [0.29, 0.717) is 26.1 Å².